The summed E-state index contributed by atoms with van der Waals surface area (Å²) in [6.07, 6.45) is -0.0268. The van der Waals surface area contributed by atoms with E-state index in [1.54, 1.807) is 0 Å². The first-order chi connectivity index (χ1) is 6.79. The molecule has 2 aliphatic heterocycles. The largest absolute Gasteiger partial charge is 0.348 e. The fourth-order valence-electron chi connectivity index (χ4n) is 2.22. The minimum absolute atomic E-state index is 0.0308. The molecule has 0 aromatic heterocycles. The van der Waals surface area contributed by atoms with Gasteiger partial charge in [0.1, 0.15) is 12.2 Å². The Labute approximate surface area is 90.8 Å². The molecular weight excluding hydrogens is 196 g/mol. The maximum atomic E-state index is 5.81. The van der Waals surface area contributed by atoms with Crippen molar-refractivity contribution in [3.63, 3.8) is 0 Å². The maximum absolute atomic E-state index is 5.81. The Morgan fingerprint density at radius 3 is 2.00 bits per heavy atom. The highest BCUT2D eigenvalue weighted by atomic mass is 16.8. The van der Waals surface area contributed by atoms with Crippen LogP contribution in [0.3, 0.4) is 0 Å². The van der Waals surface area contributed by atoms with Crippen molar-refractivity contribution >= 4 is 0 Å². The average molecular weight is 216 g/mol. The van der Waals surface area contributed by atoms with E-state index in [0.29, 0.717) is 6.61 Å². The van der Waals surface area contributed by atoms with Crippen molar-refractivity contribution in [3.8, 4) is 0 Å². The second-order valence-corrected chi connectivity index (χ2v) is 5.17. The zero-order chi connectivity index (χ0) is 11.3. The van der Waals surface area contributed by atoms with Crippen molar-refractivity contribution in [1.29, 1.82) is 0 Å². The van der Waals surface area contributed by atoms with Crippen LogP contribution in [0, 0.1) is 0 Å². The zero-order valence-electron chi connectivity index (χ0n) is 10.1. The molecule has 2 aliphatic rings. The molecule has 2 saturated heterocycles. The first kappa shape index (κ1) is 11.3. The van der Waals surface area contributed by atoms with E-state index in [4.69, 9.17) is 18.9 Å². The van der Waals surface area contributed by atoms with E-state index in [1.807, 2.05) is 34.6 Å². The van der Waals surface area contributed by atoms with Crippen LogP contribution in [-0.4, -0.2) is 36.5 Å². The predicted octanol–water partition coefficient (Wildman–Crippen LogP) is 1.68. The molecule has 4 heteroatoms. The molecule has 0 spiro atoms. The van der Waals surface area contributed by atoms with E-state index < -0.39 is 11.6 Å². The van der Waals surface area contributed by atoms with E-state index in [2.05, 4.69) is 0 Å². The van der Waals surface area contributed by atoms with E-state index >= 15 is 0 Å². The molecule has 2 heterocycles. The van der Waals surface area contributed by atoms with Gasteiger partial charge in [0.05, 0.1) is 12.7 Å². The molecule has 0 radical (unpaired) electrons. The van der Waals surface area contributed by atoms with Gasteiger partial charge in [0, 0.05) is 0 Å². The molecule has 0 aliphatic carbocycles. The summed E-state index contributed by atoms with van der Waals surface area (Å²) >= 11 is 0. The topological polar surface area (TPSA) is 36.9 Å². The van der Waals surface area contributed by atoms with Crippen LogP contribution in [-0.2, 0) is 18.9 Å². The summed E-state index contributed by atoms with van der Waals surface area (Å²) in [4.78, 5) is 0. The second kappa shape index (κ2) is 3.42. The SMILES string of the molecule is C[C@@H]1OC(C)(C)O[C@H]1[C@H]1COC(C)(C)O1. The maximum Gasteiger partial charge on any atom is 0.163 e. The first-order valence-corrected chi connectivity index (χ1v) is 5.46. The highest BCUT2D eigenvalue weighted by Gasteiger charge is 2.47. The Bertz CT molecular complexity index is 249. The van der Waals surface area contributed by atoms with Gasteiger partial charge in [0.25, 0.3) is 0 Å². The molecule has 0 bridgehead atoms. The normalized spacial score (nSPS) is 43.4. The van der Waals surface area contributed by atoms with Crippen molar-refractivity contribution in [2.24, 2.45) is 0 Å². The second-order valence-electron chi connectivity index (χ2n) is 5.17. The summed E-state index contributed by atoms with van der Waals surface area (Å²) in [5.74, 6) is -1.01. The van der Waals surface area contributed by atoms with Crippen LogP contribution in [0.2, 0.25) is 0 Å². The van der Waals surface area contributed by atoms with Crippen molar-refractivity contribution in [1.82, 2.24) is 0 Å². The molecule has 88 valence electrons. The number of ether oxygens (including phenoxy) is 4. The fraction of sp³-hybridized carbons (Fsp3) is 1.00. The van der Waals surface area contributed by atoms with Crippen molar-refractivity contribution in [3.05, 3.63) is 0 Å². The van der Waals surface area contributed by atoms with Crippen LogP contribution in [0.4, 0.5) is 0 Å². The molecular formula is C11H20O4. The summed E-state index contributed by atoms with van der Waals surface area (Å²) in [7, 11) is 0. The molecule has 2 rings (SSSR count). The lowest BCUT2D eigenvalue weighted by atomic mass is 10.1. The Hall–Kier alpha value is -0.160. The molecule has 0 N–H and O–H groups in total. The molecule has 15 heavy (non-hydrogen) atoms. The van der Waals surface area contributed by atoms with Gasteiger partial charge < -0.3 is 18.9 Å². The number of hydrogen-bond donors (Lipinski definition) is 0. The fourth-order valence-corrected chi connectivity index (χ4v) is 2.22. The third-order valence-corrected chi connectivity index (χ3v) is 2.75. The Morgan fingerprint density at radius 2 is 1.60 bits per heavy atom. The van der Waals surface area contributed by atoms with Gasteiger partial charge in [-0.2, -0.15) is 0 Å². The van der Waals surface area contributed by atoms with Gasteiger partial charge >= 0.3 is 0 Å². The predicted molar refractivity (Wildman–Crippen MR) is 54.4 cm³/mol. The summed E-state index contributed by atoms with van der Waals surface area (Å²) < 4.78 is 22.8. The molecule has 0 saturated carbocycles. The van der Waals surface area contributed by atoms with E-state index in [1.165, 1.54) is 0 Å². The van der Waals surface area contributed by atoms with Gasteiger partial charge in [-0.05, 0) is 34.6 Å². The number of rotatable bonds is 1. The van der Waals surface area contributed by atoms with Gasteiger partial charge in [-0.15, -0.1) is 0 Å². The van der Waals surface area contributed by atoms with Gasteiger partial charge in [0.2, 0.25) is 0 Å². The summed E-state index contributed by atoms with van der Waals surface area (Å²) in [5, 5.41) is 0. The van der Waals surface area contributed by atoms with Gasteiger partial charge in [-0.25, -0.2) is 0 Å². The molecule has 3 atom stereocenters. The van der Waals surface area contributed by atoms with Crippen LogP contribution in [0.1, 0.15) is 34.6 Å². The third-order valence-electron chi connectivity index (χ3n) is 2.75. The third kappa shape index (κ3) is 2.33. The van der Waals surface area contributed by atoms with E-state index in [-0.39, 0.29) is 18.3 Å². The monoisotopic (exact) mass is 216 g/mol. The smallest absolute Gasteiger partial charge is 0.163 e. The van der Waals surface area contributed by atoms with Gasteiger partial charge in [-0.3, -0.25) is 0 Å². The highest BCUT2D eigenvalue weighted by molar-refractivity contribution is 4.88. The lowest BCUT2D eigenvalue weighted by Crippen LogP contribution is -2.37. The lowest BCUT2D eigenvalue weighted by molar-refractivity contribution is -0.174. The first-order valence-electron chi connectivity index (χ1n) is 5.46. The van der Waals surface area contributed by atoms with Crippen LogP contribution in [0.5, 0.6) is 0 Å². The molecule has 0 aromatic carbocycles. The molecule has 0 unspecified atom stereocenters. The molecule has 0 amide bonds. The standard InChI is InChI=1S/C11H20O4/c1-7-9(15-11(4,5)13-7)8-6-12-10(2,3)14-8/h7-9H,6H2,1-5H3/t7-,8+,9+/m0/s1. The molecule has 4 nitrogen and oxygen atoms in total. The van der Waals surface area contributed by atoms with Crippen LogP contribution < -0.4 is 0 Å². The molecule has 0 aromatic rings. The van der Waals surface area contributed by atoms with Gasteiger partial charge in [-0.1, -0.05) is 0 Å². The van der Waals surface area contributed by atoms with Crippen molar-refractivity contribution in [2.75, 3.05) is 6.61 Å². The average Bonchev–Trinajstić information content (AvgIpc) is 2.51. The lowest BCUT2D eigenvalue weighted by Gasteiger charge is -2.22. The minimum atomic E-state index is -0.514. The number of hydrogen-bond acceptors (Lipinski definition) is 4. The van der Waals surface area contributed by atoms with Crippen molar-refractivity contribution in [2.45, 2.75) is 64.5 Å². The Morgan fingerprint density at radius 1 is 0.933 bits per heavy atom. The van der Waals surface area contributed by atoms with Crippen LogP contribution in [0.25, 0.3) is 0 Å². The van der Waals surface area contributed by atoms with Crippen LogP contribution >= 0.6 is 0 Å². The summed E-state index contributed by atoms with van der Waals surface area (Å²) in [6, 6.07) is 0. The molecule has 2 fully saturated rings. The summed E-state index contributed by atoms with van der Waals surface area (Å²) in [6.45, 7) is 10.3. The van der Waals surface area contributed by atoms with E-state index in [0.717, 1.165) is 0 Å². The highest BCUT2D eigenvalue weighted by Crippen LogP contribution is 2.35. The van der Waals surface area contributed by atoms with Gasteiger partial charge in [0.15, 0.2) is 11.6 Å². The summed E-state index contributed by atoms with van der Waals surface area (Å²) in [5.41, 5.74) is 0. The Balaban J connectivity index is 2.01. The quantitative estimate of drug-likeness (QED) is 0.668. The van der Waals surface area contributed by atoms with Crippen LogP contribution in [0.15, 0.2) is 0 Å². The zero-order valence-corrected chi connectivity index (χ0v) is 10.1. The van der Waals surface area contributed by atoms with E-state index in [9.17, 15) is 0 Å². The minimum Gasteiger partial charge on any atom is -0.348 e. The van der Waals surface area contributed by atoms with Crippen molar-refractivity contribution < 1.29 is 18.9 Å². The Kier molecular flexibility index (Phi) is 2.58.